The number of pyridine rings is 3. The summed E-state index contributed by atoms with van der Waals surface area (Å²) in [5.74, 6) is -4.36. The number of rotatable bonds is 13. The van der Waals surface area contributed by atoms with Gasteiger partial charge in [0.25, 0.3) is 6.43 Å². The Kier molecular flexibility index (Phi) is 23.9. The standard InChI is InChI=1S/C12H14N4O2.C12H10N4O2.C12H13N3O2.C11H8N4O2.C9H7F2N3O2S.Na/c1-7-4-13-8(2)11(15-7)9-5-14-16(3)12(9)10(18)6-17;1-16-12(10(18)7-17)9(6-15-16)11-8(5-13)3-2-4-14-11;1-7-4-8(2)14-10(5-7)9-6-13-15(3)11(9)12(16)17;1-15-10(11(16)17)8(6-14-15)9-7(5-12)3-2-4-13-9;1-14-6(9(15)16)4(2-12-14)8-13-5(3-17-8)7(10)11;/h4-5,17H,6H2,1-3H3;2-4,6,17H,7H2,1H3;4-6H,1-3H3,(H,16,17);2-4,6H,1H3,(H,16,17);2-3,7H,1H3,(H,15,16);/q;;;;;+1/p-1. The molecule has 4 N–H and O–H groups in total. The molecular weight excluding hydrogens is 1180 g/mol. The minimum Gasteiger partial charge on any atom is -0.543 e. The summed E-state index contributed by atoms with van der Waals surface area (Å²) in [7, 11) is 7.82. The molecule has 0 aliphatic carbocycles. The van der Waals surface area contributed by atoms with E-state index in [0.29, 0.717) is 61.9 Å². The molecule has 10 aromatic rings. The minimum atomic E-state index is -2.66. The van der Waals surface area contributed by atoms with E-state index in [-0.39, 0.29) is 74.4 Å². The van der Waals surface area contributed by atoms with E-state index in [1.807, 2.05) is 52.0 Å². The van der Waals surface area contributed by atoms with Crippen LogP contribution in [0.1, 0.15) is 98.3 Å². The van der Waals surface area contributed by atoms with E-state index in [1.54, 1.807) is 57.8 Å². The van der Waals surface area contributed by atoms with Crippen molar-refractivity contribution in [3.63, 3.8) is 0 Å². The number of aromatic carboxylic acids is 3. The summed E-state index contributed by atoms with van der Waals surface area (Å²) in [6.45, 7) is 6.30. The number of aromatic nitrogens is 16. The van der Waals surface area contributed by atoms with Gasteiger partial charge in [0, 0.05) is 70.5 Å². The van der Waals surface area contributed by atoms with Crippen LogP contribution in [0, 0.1) is 50.4 Å². The molecule has 10 rings (SSSR count). The number of ketones is 2. The Morgan fingerprint density at radius 1 is 0.580 bits per heavy atom. The van der Waals surface area contributed by atoms with Crippen molar-refractivity contribution in [1.82, 2.24) is 78.8 Å². The maximum Gasteiger partial charge on any atom is 1.00 e. The van der Waals surface area contributed by atoms with E-state index in [2.05, 4.69) is 55.4 Å². The second kappa shape index (κ2) is 30.7. The molecule has 0 aromatic carbocycles. The van der Waals surface area contributed by atoms with Crippen molar-refractivity contribution in [3.05, 3.63) is 159 Å². The van der Waals surface area contributed by atoms with E-state index in [0.717, 1.165) is 34.0 Å². The number of aliphatic hydroxyl groups is 2. The summed E-state index contributed by atoms with van der Waals surface area (Å²) < 4.78 is 31.2. The molecule has 0 radical (unpaired) electrons. The van der Waals surface area contributed by atoms with Crippen LogP contribution in [0.2, 0.25) is 0 Å². The first kappa shape index (κ1) is 68.5. The third-order valence-electron chi connectivity index (χ3n) is 12.2. The van der Waals surface area contributed by atoms with Gasteiger partial charge < -0.3 is 30.3 Å². The fourth-order valence-electron chi connectivity index (χ4n) is 8.31. The van der Waals surface area contributed by atoms with Gasteiger partial charge in [-0.1, -0.05) is 0 Å². The zero-order chi connectivity index (χ0) is 64.0. The molecule has 0 aliphatic rings. The Bertz CT molecular complexity index is 4270. The van der Waals surface area contributed by atoms with Crippen molar-refractivity contribution >= 4 is 40.8 Å². The molecular formula is C56H51F2N18NaO10S. The van der Waals surface area contributed by atoms with Gasteiger partial charge in [-0.05, 0) is 69.7 Å². The number of aryl methyl sites for hydroxylation is 9. The molecule has 10 aromatic heterocycles. The summed E-state index contributed by atoms with van der Waals surface area (Å²) in [4.78, 5) is 81.3. The van der Waals surface area contributed by atoms with Crippen LogP contribution in [0.3, 0.4) is 0 Å². The number of carbonyl (C=O) groups is 5. The van der Waals surface area contributed by atoms with Crippen molar-refractivity contribution in [1.29, 1.82) is 10.5 Å². The van der Waals surface area contributed by atoms with Crippen molar-refractivity contribution in [2.75, 3.05) is 13.2 Å². The number of carbonyl (C=O) groups excluding carboxylic acids is 3. The number of aliphatic hydroxyl groups excluding tert-OH is 2. The predicted molar refractivity (Wildman–Crippen MR) is 302 cm³/mol. The second-order valence-corrected chi connectivity index (χ2v) is 19.1. The number of alkyl halides is 2. The van der Waals surface area contributed by atoms with Gasteiger partial charge >= 0.3 is 41.5 Å². The number of halogens is 2. The second-order valence-electron chi connectivity index (χ2n) is 18.2. The van der Waals surface area contributed by atoms with Gasteiger partial charge in [-0.3, -0.25) is 52.9 Å². The van der Waals surface area contributed by atoms with Gasteiger partial charge in [0.2, 0.25) is 11.6 Å². The fourth-order valence-corrected chi connectivity index (χ4v) is 9.14. The number of nitrogens with zero attached hydrogens (tertiary/aromatic N) is 18. The number of Topliss-reactive ketones (excluding diaryl/α,β-unsaturated/α-hetero) is 2. The van der Waals surface area contributed by atoms with Gasteiger partial charge in [0.15, 0.2) is 11.4 Å². The Balaban J connectivity index is 0.000000200. The maximum atomic E-state index is 12.4. The van der Waals surface area contributed by atoms with Gasteiger partial charge in [0.1, 0.15) is 47.4 Å². The van der Waals surface area contributed by atoms with Gasteiger partial charge in [-0.2, -0.15) is 36.0 Å². The van der Waals surface area contributed by atoms with Crippen LogP contribution in [-0.4, -0.2) is 142 Å². The largest absolute Gasteiger partial charge is 1.00 e. The van der Waals surface area contributed by atoms with Gasteiger partial charge in [-0.15, -0.1) is 11.3 Å². The van der Waals surface area contributed by atoms with Crippen LogP contribution in [0.4, 0.5) is 8.78 Å². The average molecular weight is 1230 g/mol. The first-order chi connectivity index (χ1) is 41.4. The molecule has 32 heteroatoms. The Morgan fingerprint density at radius 2 is 1.01 bits per heavy atom. The molecule has 0 saturated heterocycles. The predicted octanol–water partition coefficient (Wildman–Crippen LogP) is 1.90. The zero-order valence-corrected chi connectivity index (χ0v) is 51.4. The molecule has 0 amide bonds. The molecule has 0 fully saturated rings. The molecule has 28 nitrogen and oxygen atoms in total. The third kappa shape index (κ3) is 16.0. The summed E-state index contributed by atoms with van der Waals surface area (Å²) in [5, 5.41) is 86.1. The first-order valence-electron chi connectivity index (χ1n) is 25.1. The summed E-state index contributed by atoms with van der Waals surface area (Å²) >= 11 is 0.968. The Labute approximate surface area is 524 Å². The molecule has 446 valence electrons. The number of carboxylic acid groups (broad SMARTS) is 3. The molecule has 0 aliphatic heterocycles. The summed E-state index contributed by atoms with van der Waals surface area (Å²) in [6, 6.07) is 14.2. The quantitative estimate of drug-likeness (QED) is 0.0946. The average Bonchev–Trinajstić information content (AvgIpc) is 2.14. The van der Waals surface area contributed by atoms with Crippen LogP contribution in [0.25, 0.3) is 55.6 Å². The maximum absolute atomic E-state index is 12.4. The minimum absolute atomic E-state index is 0. The molecule has 10 heterocycles. The first-order valence-corrected chi connectivity index (χ1v) is 26.0. The molecule has 0 atom stereocenters. The van der Waals surface area contributed by atoms with Gasteiger partial charge in [0.05, 0.1) is 110 Å². The summed E-state index contributed by atoms with van der Waals surface area (Å²) in [5.41, 5.74) is 8.35. The van der Waals surface area contributed by atoms with E-state index >= 15 is 0 Å². The topological polar surface area (TPSA) is 403 Å². The van der Waals surface area contributed by atoms with Crippen LogP contribution in [-0.2, 0) is 35.2 Å². The Morgan fingerprint density at radius 3 is 1.44 bits per heavy atom. The van der Waals surface area contributed by atoms with Crippen LogP contribution in [0.5, 0.6) is 0 Å². The number of thiazole rings is 1. The number of nitriles is 2. The molecule has 0 saturated carbocycles. The number of hydrogen-bond donors (Lipinski definition) is 4. The molecule has 88 heavy (non-hydrogen) atoms. The van der Waals surface area contributed by atoms with E-state index in [1.165, 1.54) is 80.1 Å². The third-order valence-corrected chi connectivity index (χ3v) is 13.0. The number of hydrogen-bond acceptors (Lipinski definition) is 22. The van der Waals surface area contributed by atoms with Crippen molar-refractivity contribution in [2.45, 2.75) is 34.1 Å². The Hall–Kier alpha value is -10.3. The molecule has 0 bridgehead atoms. The molecule has 0 spiro atoms. The van der Waals surface area contributed by atoms with E-state index in [9.17, 15) is 37.9 Å². The SMILES string of the molecule is Cc1cc(C)nc(-c2cnn(C)c2C(=O)[O-])c1.Cc1cnc(C)c(-c2cnn(C)c2C(=O)CO)n1.Cn1ncc(-c2nc(C(F)F)cs2)c1C(=O)O.Cn1ncc(-c2ncccc2C#N)c1C(=O)CO.Cn1ncc(-c2ncccc2C#N)c1C(=O)O.[Na+]. The van der Waals surface area contributed by atoms with Crippen LogP contribution in [0.15, 0.2) is 91.4 Å². The van der Waals surface area contributed by atoms with E-state index in [4.69, 9.17) is 30.9 Å². The van der Waals surface area contributed by atoms with Crippen molar-refractivity contribution in [2.24, 2.45) is 35.2 Å². The fraction of sp³-hybridized carbons (Fsp3) is 0.214. The smallest absolute Gasteiger partial charge is 0.543 e. The van der Waals surface area contributed by atoms with Crippen LogP contribution >= 0.6 is 11.3 Å². The summed E-state index contributed by atoms with van der Waals surface area (Å²) in [6.07, 6.45) is 9.28. The van der Waals surface area contributed by atoms with Crippen molar-refractivity contribution in [3.8, 4) is 67.7 Å². The number of carboxylic acids is 3. The van der Waals surface area contributed by atoms with Gasteiger partial charge in [-0.25, -0.2) is 28.3 Å². The van der Waals surface area contributed by atoms with E-state index < -0.39 is 43.3 Å². The monoisotopic (exact) mass is 1230 g/mol. The molecule has 0 unspecified atom stereocenters. The van der Waals surface area contributed by atoms with Crippen LogP contribution < -0.4 is 34.7 Å². The van der Waals surface area contributed by atoms with Crippen molar-refractivity contribution < 1.29 is 87.8 Å². The normalized spacial score (nSPS) is 10.3. The zero-order valence-electron chi connectivity index (χ0n) is 48.6.